The predicted molar refractivity (Wildman–Crippen MR) is 128 cm³/mol. The molecule has 1 saturated heterocycles. The molecule has 11 heteroatoms. The van der Waals surface area contributed by atoms with Crippen molar-refractivity contribution in [2.24, 2.45) is 0 Å². The first-order valence-electron chi connectivity index (χ1n) is 10.1. The number of methoxy groups -OCH3 is 1. The van der Waals surface area contributed by atoms with Gasteiger partial charge in [-0.05, 0) is 37.1 Å². The van der Waals surface area contributed by atoms with Crippen molar-refractivity contribution in [1.29, 1.82) is 5.26 Å². The van der Waals surface area contributed by atoms with Crippen molar-refractivity contribution in [2.75, 3.05) is 24.3 Å². The third-order valence-corrected chi connectivity index (χ3v) is 5.69. The van der Waals surface area contributed by atoms with E-state index in [2.05, 4.69) is 16.0 Å². The first kappa shape index (κ1) is 22.2. The Morgan fingerprint density at radius 2 is 2.09 bits per heavy atom. The quantitative estimate of drug-likeness (QED) is 0.489. The van der Waals surface area contributed by atoms with E-state index in [4.69, 9.17) is 15.6 Å². The Hall–Kier alpha value is -4.04. The molecule has 1 aliphatic heterocycles. The number of ether oxygens (including phenoxy) is 1. The molecule has 4 heterocycles. The molecule has 0 bridgehead atoms. The third kappa shape index (κ3) is 3.64. The van der Waals surface area contributed by atoms with Crippen molar-refractivity contribution >= 4 is 30.6 Å². The van der Waals surface area contributed by atoms with E-state index in [-0.39, 0.29) is 36.5 Å². The Bertz CT molecular complexity index is 1420. The van der Waals surface area contributed by atoms with Crippen molar-refractivity contribution in [3.8, 4) is 17.5 Å². The lowest BCUT2D eigenvalue weighted by molar-refractivity contribution is 0.414. The highest BCUT2D eigenvalue weighted by atomic mass is 32.1. The summed E-state index contributed by atoms with van der Waals surface area (Å²) in [6, 6.07) is 12.6. The van der Waals surface area contributed by atoms with Gasteiger partial charge in [0.2, 0.25) is 0 Å². The number of fused-ring (bicyclic) bond motifs is 1. The molecule has 0 radical (unpaired) electrons. The fraction of sp³-hybridized carbons (Fsp3) is 0.227. The van der Waals surface area contributed by atoms with E-state index in [9.17, 15) is 10.1 Å². The molecule has 2 N–H and O–H groups in total. The standard InChI is InChI=1S/C22H20N8O2.H2S/c1-32-15-6-2-5-14(11-15)30-21(27-29-10-4-8-18(29)22(30)31)17-7-3-9-28(17)20-16(12-23)19(24)25-13-26-20;/h2,4-6,8,10-11,13,17H,3,7,9H2,1H3,(H2,24,25,26);1H2/t17-;/m0./s1. The van der Waals surface area contributed by atoms with Crippen LogP contribution in [0.3, 0.4) is 0 Å². The van der Waals surface area contributed by atoms with Gasteiger partial charge >= 0.3 is 0 Å². The van der Waals surface area contributed by atoms with Crippen molar-refractivity contribution in [3.05, 3.63) is 70.7 Å². The molecular weight excluding hydrogens is 440 g/mol. The molecule has 1 atom stereocenters. The van der Waals surface area contributed by atoms with Crippen molar-refractivity contribution in [2.45, 2.75) is 18.9 Å². The van der Waals surface area contributed by atoms with Gasteiger partial charge in [0.05, 0.1) is 18.8 Å². The summed E-state index contributed by atoms with van der Waals surface area (Å²) < 4.78 is 8.57. The summed E-state index contributed by atoms with van der Waals surface area (Å²) in [7, 11) is 1.58. The normalized spacial score (nSPS) is 15.3. The van der Waals surface area contributed by atoms with Gasteiger partial charge in [0.25, 0.3) is 5.56 Å². The maximum Gasteiger partial charge on any atom is 0.282 e. The largest absolute Gasteiger partial charge is 0.497 e. The van der Waals surface area contributed by atoms with Crippen LogP contribution in [-0.4, -0.2) is 37.8 Å². The number of nitrogens with two attached hydrogens (primary N) is 1. The zero-order valence-electron chi connectivity index (χ0n) is 17.8. The minimum absolute atomic E-state index is 0. The van der Waals surface area contributed by atoms with E-state index in [1.807, 2.05) is 23.1 Å². The van der Waals surface area contributed by atoms with Crippen molar-refractivity contribution in [1.82, 2.24) is 24.1 Å². The Balaban J connectivity index is 0.00000259. The van der Waals surface area contributed by atoms with Gasteiger partial charge in [-0.15, -0.1) is 0 Å². The van der Waals surface area contributed by atoms with E-state index >= 15 is 0 Å². The predicted octanol–water partition coefficient (Wildman–Crippen LogP) is 2.19. The van der Waals surface area contributed by atoms with Gasteiger partial charge in [-0.3, -0.25) is 9.36 Å². The van der Waals surface area contributed by atoms with Crippen molar-refractivity contribution in [3.63, 3.8) is 0 Å². The minimum atomic E-state index is -0.290. The van der Waals surface area contributed by atoms with Crippen LogP contribution in [0.1, 0.15) is 30.3 Å². The highest BCUT2D eigenvalue weighted by Crippen LogP contribution is 2.37. The number of rotatable bonds is 4. The maximum absolute atomic E-state index is 13.5. The summed E-state index contributed by atoms with van der Waals surface area (Å²) in [4.78, 5) is 23.8. The number of benzene rings is 1. The van der Waals surface area contributed by atoms with Crippen LogP contribution in [0.25, 0.3) is 11.2 Å². The number of hydrogen-bond donors (Lipinski definition) is 1. The lowest BCUT2D eigenvalue weighted by Gasteiger charge is -2.28. The minimum Gasteiger partial charge on any atom is -0.497 e. The molecular formula is C22H22N8O2S. The highest BCUT2D eigenvalue weighted by molar-refractivity contribution is 7.59. The molecule has 0 aliphatic carbocycles. The molecule has 0 spiro atoms. The SMILES string of the molecule is COc1cccc(-n2c([C@@H]3CCCN3c3ncnc(N)c3C#N)nn3cccc3c2=O)c1.S. The molecule has 168 valence electrons. The molecule has 5 rings (SSSR count). The Morgan fingerprint density at radius 1 is 1.24 bits per heavy atom. The van der Waals surface area contributed by atoms with E-state index in [0.717, 1.165) is 12.8 Å². The second kappa shape index (κ2) is 8.84. The summed E-state index contributed by atoms with van der Waals surface area (Å²) >= 11 is 0. The second-order valence-corrected chi connectivity index (χ2v) is 7.46. The van der Waals surface area contributed by atoms with E-state index in [0.29, 0.717) is 35.1 Å². The average molecular weight is 463 g/mol. The first-order valence-corrected chi connectivity index (χ1v) is 10.1. The lowest BCUT2D eigenvalue weighted by Crippen LogP contribution is -2.33. The number of nitrogens with zero attached hydrogens (tertiary/aromatic N) is 7. The topological polar surface area (TPSA) is 127 Å². The fourth-order valence-corrected chi connectivity index (χ4v) is 4.22. The molecule has 1 aromatic carbocycles. The van der Waals surface area contributed by atoms with Gasteiger partial charge < -0.3 is 15.4 Å². The van der Waals surface area contributed by atoms with Gasteiger partial charge in [-0.2, -0.15) is 23.9 Å². The molecule has 0 unspecified atom stereocenters. The summed E-state index contributed by atoms with van der Waals surface area (Å²) in [6.45, 7) is 0.646. The summed E-state index contributed by atoms with van der Waals surface area (Å²) in [5.74, 6) is 1.75. The van der Waals surface area contributed by atoms with Crippen LogP contribution in [0.5, 0.6) is 5.75 Å². The Morgan fingerprint density at radius 3 is 2.88 bits per heavy atom. The van der Waals surface area contributed by atoms with Crippen LogP contribution in [-0.2, 0) is 0 Å². The van der Waals surface area contributed by atoms with Crippen LogP contribution >= 0.6 is 13.5 Å². The first-order chi connectivity index (χ1) is 15.6. The van der Waals surface area contributed by atoms with Gasteiger partial charge in [-0.25, -0.2) is 14.5 Å². The van der Waals surface area contributed by atoms with Gasteiger partial charge in [0.15, 0.2) is 11.6 Å². The van der Waals surface area contributed by atoms with Crippen LogP contribution in [0.4, 0.5) is 11.6 Å². The van der Waals surface area contributed by atoms with Gasteiger partial charge in [0.1, 0.15) is 35.0 Å². The Kier molecular flexibility index (Phi) is 5.93. The molecule has 0 saturated carbocycles. The monoisotopic (exact) mass is 462 g/mol. The lowest BCUT2D eigenvalue weighted by atomic mass is 10.1. The number of hydrogen-bond acceptors (Lipinski definition) is 8. The highest BCUT2D eigenvalue weighted by Gasteiger charge is 2.34. The number of nitrogen functional groups attached to an aromatic ring is 1. The number of anilines is 2. The smallest absolute Gasteiger partial charge is 0.282 e. The molecule has 10 nitrogen and oxygen atoms in total. The average Bonchev–Trinajstić information content (AvgIpc) is 3.48. The number of aromatic nitrogens is 5. The van der Waals surface area contributed by atoms with Gasteiger partial charge in [-0.1, -0.05) is 6.07 Å². The van der Waals surface area contributed by atoms with E-state index < -0.39 is 0 Å². The number of nitriles is 1. The van der Waals surface area contributed by atoms with Crippen LogP contribution in [0.15, 0.2) is 53.7 Å². The summed E-state index contributed by atoms with van der Waals surface area (Å²) in [6.07, 6.45) is 4.67. The third-order valence-electron chi connectivity index (χ3n) is 5.69. The molecule has 3 aromatic heterocycles. The zero-order chi connectivity index (χ0) is 22.2. The Labute approximate surface area is 196 Å². The van der Waals surface area contributed by atoms with Crippen LogP contribution in [0, 0.1) is 11.3 Å². The molecule has 33 heavy (non-hydrogen) atoms. The second-order valence-electron chi connectivity index (χ2n) is 7.46. The molecule has 4 aromatic rings. The maximum atomic E-state index is 13.5. The molecule has 1 aliphatic rings. The molecule has 0 amide bonds. The zero-order valence-corrected chi connectivity index (χ0v) is 18.8. The van der Waals surface area contributed by atoms with E-state index in [1.165, 1.54) is 6.33 Å². The van der Waals surface area contributed by atoms with Gasteiger partial charge in [0, 0.05) is 18.8 Å². The van der Waals surface area contributed by atoms with E-state index in [1.54, 1.807) is 40.6 Å². The summed E-state index contributed by atoms with van der Waals surface area (Å²) in [5.41, 5.74) is 7.07. The van der Waals surface area contributed by atoms with Crippen LogP contribution < -0.4 is 20.9 Å². The molecule has 1 fully saturated rings. The summed E-state index contributed by atoms with van der Waals surface area (Å²) in [5, 5.41) is 14.4. The fourth-order valence-electron chi connectivity index (χ4n) is 4.22. The van der Waals surface area contributed by atoms with Crippen LogP contribution in [0.2, 0.25) is 0 Å². The van der Waals surface area contributed by atoms with Crippen molar-refractivity contribution < 1.29 is 4.74 Å².